The highest BCUT2D eigenvalue weighted by atomic mass is 79.9. The predicted molar refractivity (Wildman–Crippen MR) is 86.1 cm³/mol. The van der Waals surface area contributed by atoms with Crippen molar-refractivity contribution in [2.24, 2.45) is 0 Å². The van der Waals surface area contributed by atoms with Gasteiger partial charge in [0.2, 0.25) is 5.91 Å². The normalized spacial score (nSPS) is 14.1. The van der Waals surface area contributed by atoms with Crippen LogP contribution in [0.3, 0.4) is 0 Å². The van der Waals surface area contributed by atoms with Gasteiger partial charge >= 0.3 is 5.97 Å². The average Bonchev–Trinajstić information content (AvgIpc) is 2.39. The molecule has 0 saturated carbocycles. The van der Waals surface area contributed by atoms with Gasteiger partial charge in [-0.3, -0.25) is 4.79 Å². The minimum absolute atomic E-state index is 0.154. The standard InChI is InChI=1S/C14H18BrNO5S/c1-3-14(2,13(18)19)16-12(17)9-22(20,21)8-10-4-6-11(15)7-5-10/h4-7H,3,8-9H2,1-2H3,(H,16,17)(H,18,19). The van der Waals surface area contributed by atoms with Gasteiger partial charge in [0.1, 0.15) is 11.3 Å². The summed E-state index contributed by atoms with van der Waals surface area (Å²) in [6, 6.07) is 6.72. The number of amides is 1. The van der Waals surface area contributed by atoms with Crippen molar-refractivity contribution in [3.05, 3.63) is 34.3 Å². The molecule has 6 nitrogen and oxygen atoms in total. The summed E-state index contributed by atoms with van der Waals surface area (Å²) in [4.78, 5) is 22.9. The largest absolute Gasteiger partial charge is 0.480 e. The summed E-state index contributed by atoms with van der Waals surface area (Å²) in [5.41, 5.74) is -0.906. The summed E-state index contributed by atoms with van der Waals surface area (Å²) in [6.45, 7) is 2.94. The minimum Gasteiger partial charge on any atom is -0.480 e. The number of benzene rings is 1. The van der Waals surface area contributed by atoms with Gasteiger partial charge in [-0.05, 0) is 31.0 Å². The maximum Gasteiger partial charge on any atom is 0.329 e. The molecule has 0 saturated heterocycles. The Morgan fingerprint density at radius 1 is 1.27 bits per heavy atom. The lowest BCUT2D eigenvalue weighted by atomic mass is 9.99. The number of carboxylic acid groups (broad SMARTS) is 1. The van der Waals surface area contributed by atoms with E-state index in [1.807, 2.05) is 0 Å². The van der Waals surface area contributed by atoms with E-state index in [1.54, 1.807) is 31.2 Å². The Hall–Kier alpha value is -1.41. The van der Waals surface area contributed by atoms with Crippen LogP contribution < -0.4 is 5.32 Å². The number of sulfone groups is 1. The van der Waals surface area contributed by atoms with Gasteiger partial charge in [0.25, 0.3) is 0 Å². The molecule has 0 heterocycles. The van der Waals surface area contributed by atoms with E-state index in [1.165, 1.54) is 6.92 Å². The Kier molecular flexibility index (Phi) is 6.13. The molecule has 0 aliphatic rings. The van der Waals surface area contributed by atoms with Crippen LogP contribution in [-0.2, 0) is 25.2 Å². The van der Waals surface area contributed by atoms with Crippen LogP contribution in [0.15, 0.2) is 28.7 Å². The first kappa shape index (κ1) is 18.6. The van der Waals surface area contributed by atoms with E-state index in [4.69, 9.17) is 5.11 Å². The monoisotopic (exact) mass is 391 g/mol. The predicted octanol–water partition coefficient (Wildman–Crippen LogP) is 1.73. The van der Waals surface area contributed by atoms with Gasteiger partial charge in [-0.2, -0.15) is 0 Å². The number of hydrogen-bond acceptors (Lipinski definition) is 4. The van der Waals surface area contributed by atoms with Gasteiger partial charge in [-0.15, -0.1) is 0 Å². The maximum atomic E-state index is 12.0. The number of halogens is 1. The van der Waals surface area contributed by atoms with E-state index in [0.29, 0.717) is 5.56 Å². The fourth-order valence-corrected chi connectivity index (χ4v) is 3.26. The van der Waals surface area contributed by atoms with Gasteiger partial charge in [-0.1, -0.05) is 35.0 Å². The second-order valence-electron chi connectivity index (χ2n) is 5.20. The number of carbonyl (C=O) groups is 2. The zero-order chi connectivity index (χ0) is 17.0. The van der Waals surface area contributed by atoms with Crippen molar-refractivity contribution in [3.63, 3.8) is 0 Å². The molecule has 0 bridgehead atoms. The van der Waals surface area contributed by atoms with Gasteiger partial charge in [0, 0.05) is 4.47 Å². The molecule has 0 spiro atoms. The summed E-state index contributed by atoms with van der Waals surface area (Å²) in [5, 5.41) is 11.3. The SMILES string of the molecule is CCC(C)(NC(=O)CS(=O)(=O)Cc1ccc(Br)cc1)C(=O)O. The van der Waals surface area contributed by atoms with Crippen molar-refractivity contribution in [1.82, 2.24) is 5.32 Å². The lowest BCUT2D eigenvalue weighted by Crippen LogP contribution is -2.53. The quantitative estimate of drug-likeness (QED) is 0.736. The van der Waals surface area contributed by atoms with Crippen LogP contribution in [-0.4, -0.2) is 36.7 Å². The molecular formula is C14H18BrNO5S. The first-order chi connectivity index (χ1) is 10.1. The molecule has 1 amide bonds. The van der Waals surface area contributed by atoms with Crippen LogP contribution in [0, 0.1) is 0 Å². The maximum absolute atomic E-state index is 12.0. The van der Waals surface area contributed by atoms with Crippen molar-refractivity contribution in [3.8, 4) is 0 Å². The van der Waals surface area contributed by atoms with Crippen molar-refractivity contribution >= 4 is 37.6 Å². The molecule has 0 aliphatic heterocycles. The Morgan fingerprint density at radius 2 is 1.82 bits per heavy atom. The van der Waals surface area contributed by atoms with Crippen molar-refractivity contribution in [1.29, 1.82) is 0 Å². The lowest BCUT2D eigenvalue weighted by molar-refractivity contribution is -0.146. The van der Waals surface area contributed by atoms with Crippen LogP contribution in [0.4, 0.5) is 0 Å². The topological polar surface area (TPSA) is 101 Å². The fraction of sp³-hybridized carbons (Fsp3) is 0.429. The molecule has 1 unspecified atom stereocenters. The zero-order valence-corrected chi connectivity index (χ0v) is 14.7. The Bertz CT molecular complexity index is 656. The number of carboxylic acids is 1. The number of carbonyl (C=O) groups excluding carboxylic acids is 1. The minimum atomic E-state index is -3.67. The zero-order valence-electron chi connectivity index (χ0n) is 12.3. The second kappa shape index (κ2) is 7.23. The van der Waals surface area contributed by atoms with Crippen LogP contribution in [0.2, 0.25) is 0 Å². The molecule has 122 valence electrons. The van der Waals surface area contributed by atoms with Gasteiger partial charge in [0.15, 0.2) is 9.84 Å². The summed E-state index contributed by atoms with van der Waals surface area (Å²) >= 11 is 3.25. The van der Waals surface area contributed by atoms with Crippen LogP contribution in [0.25, 0.3) is 0 Å². The summed E-state index contributed by atoms with van der Waals surface area (Å²) < 4.78 is 24.9. The van der Waals surface area contributed by atoms with Crippen LogP contribution in [0.1, 0.15) is 25.8 Å². The fourth-order valence-electron chi connectivity index (χ4n) is 1.72. The van der Waals surface area contributed by atoms with Crippen molar-refractivity contribution < 1.29 is 23.1 Å². The molecule has 0 aliphatic carbocycles. The number of aliphatic carboxylic acids is 1. The Morgan fingerprint density at radius 3 is 2.27 bits per heavy atom. The van der Waals surface area contributed by atoms with Crippen molar-refractivity contribution in [2.45, 2.75) is 31.6 Å². The van der Waals surface area contributed by atoms with E-state index in [0.717, 1.165) is 4.47 Å². The summed E-state index contributed by atoms with van der Waals surface area (Å²) in [7, 11) is -3.67. The highest BCUT2D eigenvalue weighted by Crippen LogP contribution is 2.14. The Labute approximate surface area is 138 Å². The highest BCUT2D eigenvalue weighted by molar-refractivity contribution is 9.10. The molecule has 1 aromatic carbocycles. The first-order valence-corrected chi connectivity index (χ1v) is 9.19. The molecule has 1 rings (SSSR count). The number of nitrogens with one attached hydrogen (secondary N) is 1. The summed E-state index contributed by atoms with van der Waals surface area (Å²) in [5.74, 6) is -3.03. The molecule has 1 atom stereocenters. The first-order valence-electron chi connectivity index (χ1n) is 6.57. The molecule has 2 N–H and O–H groups in total. The van der Waals surface area contributed by atoms with Gasteiger partial charge < -0.3 is 10.4 Å². The third-order valence-electron chi connectivity index (χ3n) is 3.25. The van der Waals surface area contributed by atoms with Crippen LogP contribution >= 0.6 is 15.9 Å². The lowest BCUT2D eigenvalue weighted by Gasteiger charge is -2.24. The van der Waals surface area contributed by atoms with Gasteiger partial charge in [-0.25, -0.2) is 13.2 Å². The van der Waals surface area contributed by atoms with E-state index in [-0.39, 0.29) is 12.2 Å². The Balaban J connectivity index is 2.74. The molecular weight excluding hydrogens is 374 g/mol. The van der Waals surface area contributed by atoms with Crippen molar-refractivity contribution in [2.75, 3.05) is 5.75 Å². The number of rotatable bonds is 7. The third-order valence-corrected chi connectivity index (χ3v) is 5.25. The molecule has 22 heavy (non-hydrogen) atoms. The highest BCUT2D eigenvalue weighted by Gasteiger charge is 2.33. The van der Waals surface area contributed by atoms with Gasteiger partial charge in [0.05, 0.1) is 5.75 Å². The molecule has 8 heteroatoms. The smallest absolute Gasteiger partial charge is 0.329 e. The van der Waals surface area contributed by atoms with Crippen LogP contribution in [0.5, 0.6) is 0 Å². The third kappa shape index (κ3) is 5.42. The molecule has 1 aromatic rings. The second-order valence-corrected chi connectivity index (χ2v) is 8.18. The average molecular weight is 392 g/mol. The molecule has 0 radical (unpaired) electrons. The molecule has 0 fully saturated rings. The summed E-state index contributed by atoms with van der Waals surface area (Å²) in [6.07, 6.45) is 0.154. The van der Waals surface area contributed by atoms with E-state index in [2.05, 4.69) is 21.2 Å². The number of hydrogen-bond donors (Lipinski definition) is 2. The van der Waals surface area contributed by atoms with E-state index in [9.17, 15) is 18.0 Å². The van der Waals surface area contributed by atoms with E-state index >= 15 is 0 Å². The molecule has 0 aromatic heterocycles. The van der Waals surface area contributed by atoms with E-state index < -0.39 is 33.0 Å².